The lowest BCUT2D eigenvalue weighted by atomic mass is 10.1. The van der Waals surface area contributed by atoms with Crippen molar-refractivity contribution >= 4 is 34.0 Å². The van der Waals surface area contributed by atoms with Crippen molar-refractivity contribution < 1.29 is 4.79 Å². The van der Waals surface area contributed by atoms with Crippen LogP contribution in [0.4, 0.5) is 5.13 Å². The molecule has 1 saturated carbocycles. The van der Waals surface area contributed by atoms with Crippen LogP contribution < -0.4 is 5.32 Å². The zero-order valence-electron chi connectivity index (χ0n) is 12.9. The van der Waals surface area contributed by atoms with Crippen LogP contribution in [0.2, 0.25) is 5.02 Å². The second-order valence-electron chi connectivity index (χ2n) is 6.34. The van der Waals surface area contributed by atoms with Crippen LogP contribution >= 0.6 is 22.9 Å². The first kappa shape index (κ1) is 15.1. The van der Waals surface area contributed by atoms with Gasteiger partial charge < -0.3 is 10.2 Å². The number of nitrogens with zero attached hydrogens (tertiary/aromatic N) is 2. The highest BCUT2D eigenvalue weighted by molar-refractivity contribution is 7.15. The molecule has 1 N–H and O–H groups in total. The standard InChI is InChI=1S/C17H18ClN3OS/c1-21-7-6-14-15(9-21)23-17(19-14)20-16(22)12-8-11(12)10-4-2-3-5-13(10)18/h2-5,11-12H,6-9H2,1H3,(H,19,20,22). The van der Waals surface area contributed by atoms with E-state index >= 15 is 0 Å². The Morgan fingerprint density at radius 1 is 1.43 bits per heavy atom. The van der Waals surface area contributed by atoms with Gasteiger partial charge in [0.25, 0.3) is 0 Å². The lowest BCUT2D eigenvalue weighted by Crippen LogP contribution is -2.25. The maximum absolute atomic E-state index is 12.4. The Morgan fingerprint density at radius 2 is 2.26 bits per heavy atom. The molecule has 1 aromatic heterocycles. The Bertz CT molecular complexity index is 760. The van der Waals surface area contributed by atoms with Gasteiger partial charge in [-0.2, -0.15) is 0 Å². The molecule has 0 bridgehead atoms. The molecule has 1 aliphatic carbocycles. The number of rotatable bonds is 3. The van der Waals surface area contributed by atoms with Gasteiger partial charge in [0, 0.05) is 35.3 Å². The van der Waals surface area contributed by atoms with E-state index in [4.69, 9.17) is 11.6 Å². The molecule has 4 nitrogen and oxygen atoms in total. The Morgan fingerprint density at radius 3 is 3.09 bits per heavy atom. The number of benzene rings is 1. The van der Waals surface area contributed by atoms with Gasteiger partial charge in [-0.1, -0.05) is 29.8 Å². The Balaban J connectivity index is 1.43. The number of anilines is 1. The van der Waals surface area contributed by atoms with Gasteiger partial charge in [0.2, 0.25) is 5.91 Å². The summed E-state index contributed by atoms with van der Waals surface area (Å²) in [4.78, 5) is 20.6. The fourth-order valence-corrected chi connectivity index (χ4v) is 4.55. The van der Waals surface area contributed by atoms with Crippen LogP contribution in [0.3, 0.4) is 0 Å². The van der Waals surface area contributed by atoms with Gasteiger partial charge in [-0.25, -0.2) is 4.98 Å². The molecule has 0 radical (unpaired) electrons. The summed E-state index contributed by atoms with van der Waals surface area (Å²) in [6.07, 6.45) is 1.83. The van der Waals surface area contributed by atoms with Crippen LogP contribution in [0.1, 0.15) is 28.5 Å². The van der Waals surface area contributed by atoms with E-state index in [9.17, 15) is 4.79 Å². The summed E-state index contributed by atoms with van der Waals surface area (Å²) in [5.74, 6) is 0.317. The van der Waals surface area contributed by atoms with Crippen molar-refractivity contribution in [1.82, 2.24) is 9.88 Å². The smallest absolute Gasteiger partial charge is 0.229 e. The van der Waals surface area contributed by atoms with E-state index in [1.54, 1.807) is 11.3 Å². The molecular formula is C17H18ClN3OS. The van der Waals surface area contributed by atoms with Crippen molar-refractivity contribution in [2.45, 2.75) is 25.3 Å². The quantitative estimate of drug-likeness (QED) is 0.923. The van der Waals surface area contributed by atoms with E-state index in [-0.39, 0.29) is 17.7 Å². The number of carbonyl (C=O) groups excluding carboxylic acids is 1. The first-order valence-electron chi connectivity index (χ1n) is 7.84. The average Bonchev–Trinajstić information content (AvgIpc) is 3.22. The largest absolute Gasteiger partial charge is 0.302 e. The zero-order chi connectivity index (χ0) is 16.0. The number of amides is 1. The first-order chi connectivity index (χ1) is 11.1. The molecule has 1 amide bonds. The monoisotopic (exact) mass is 347 g/mol. The molecule has 2 heterocycles. The number of thiazole rings is 1. The molecule has 23 heavy (non-hydrogen) atoms. The van der Waals surface area contributed by atoms with Crippen molar-refractivity contribution in [3.63, 3.8) is 0 Å². The van der Waals surface area contributed by atoms with Gasteiger partial charge in [-0.3, -0.25) is 4.79 Å². The summed E-state index contributed by atoms with van der Waals surface area (Å²) < 4.78 is 0. The van der Waals surface area contributed by atoms with Gasteiger partial charge in [-0.05, 0) is 31.0 Å². The van der Waals surface area contributed by atoms with Crippen molar-refractivity contribution in [2.24, 2.45) is 5.92 Å². The predicted octanol–water partition coefficient (Wildman–Crippen LogP) is 3.53. The molecule has 2 aromatic rings. The first-order valence-corrected chi connectivity index (χ1v) is 9.03. The number of halogens is 1. The Labute approximate surface area is 144 Å². The lowest BCUT2D eigenvalue weighted by molar-refractivity contribution is -0.117. The summed E-state index contributed by atoms with van der Waals surface area (Å²) in [5, 5.41) is 4.49. The molecule has 1 aromatic carbocycles. The maximum Gasteiger partial charge on any atom is 0.229 e. The molecule has 1 aliphatic heterocycles. The number of hydrogen-bond donors (Lipinski definition) is 1. The summed E-state index contributed by atoms with van der Waals surface area (Å²) >= 11 is 7.83. The van der Waals surface area contributed by atoms with Crippen LogP contribution in [0, 0.1) is 5.92 Å². The fraction of sp³-hybridized carbons (Fsp3) is 0.412. The SMILES string of the molecule is CN1CCc2nc(NC(=O)C3CC3c3ccccc3Cl)sc2C1. The van der Waals surface area contributed by atoms with Gasteiger partial charge in [0.05, 0.1) is 5.69 Å². The number of likely N-dealkylation sites (N-methyl/N-ethyl adjacent to an activating group) is 1. The third-order valence-corrected chi connectivity index (χ3v) is 5.93. The van der Waals surface area contributed by atoms with Gasteiger partial charge >= 0.3 is 0 Å². The highest BCUT2D eigenvalue weighted by atomic mass is 35.5. The Kier molecular flexibility index (Phi) is 3.87. The predicted molar refractivity (Wildman–Crippen MR) is 93.1 cm³/mol. The van der Waals surface area contributed by atoms with Gasteiger partial charge in [-0.15, -0.1) is 11.3 Å². The molecule has 4 rings (SSSR count). The van der Waals surface area contributed by atoms with Crippen LogP contribution in [-0.2, 0) is 17.8 Å². The molecular weight excluding hydrogens is 330 g/mol. The summed E-state index contributed by atoms with van der Waals surface area (Å²) in [5.41, 5.74) is 2.22. The minimum atomic E-state index is 0.0125. The molecule has 6 heteroatoms. The summed E-state index contributed by atoms with van der Waals surface area (Å²) in [7, 11) is 2.11. The van der Waals surface area contributed by atoms with Crippen LogP contribution in [0.15, 0.2) is 24.3 Å². The van der Waals surface area contributed by atoms with Gasteiger partial charge in [0.1, 0.15) is 0 Å². The van der Waals surface area contributed by atoms with Crippen molar-refractivity contribution in [2.75, 3.05) is 18.9 Å². The molecule has 2 atom stereocenters. The van der Waals surface area contributed by atoms with Gasteiger partial charge in [0.15, 0.2) is 5.13 Å². The second-order valence-corrected chi connectivity index (χ2v) is 7.83. The summed E-state index contributed by atoms with van der Waals surface area (Å²) in [6, 6.07) is 7.79. The Hall–Kier alpha value is -1.43. The number of fused-ring (bicyclic) bond motifs is 1. The molecule has 2 unspecified atom stereocenters. The molecule has 2 aliphatic rings. The zero-order valence-corrected chi connectivity index (χ0v) is 14.5. The minimum Gasteiger partial charge on any atom is -0.302 e. The topological polar surface area (TPSA) is 45.2 Å². The average molecular weight is 348 g/mol. The molecule has 0 spiro atoms. The second kappa shape index (κ2) is 5.89. The van der Waals surface area contributed by atoms with Crippen molar-refractivity contribution in [3.05, 3.63) is 45.4 Å². The van der Waals surface area contributed by atoms with E-state index in [0.717, 1.165) is 47.3 Å². The molecule has 1 fully saturated rings. The van der Waals surface area contributed by atoms with E-state index in [1.165, 1.54) is 4.88 Å². The third-order valence-electron chi connectivity index (χ3n) is 4.58. The van der Waals surface area contributed by atoms with Crippen molar-refractivity contribution in [3.8, 4) is 0 Å². The number of nitrogens with one attached hydrogen (secondary N) is 1. The lowest BCUT2D eigenvalue weighted by Gasteiger charge is -2.20. The number of hydrogen-bond acceptors (Lipinski definition) is 4. The molecule has 0 saturated heterocycles. The van der Waals surface area contributed by atoms with Crippen LogP contribution in [-0.4, -0.2) is 29.4 Å². The fourth-order valence-electron chi connectivity index (χ4n) is 3.18. The highest BCUT2D eigenvalue weighted by Crippen LogP contribution is 2.50. The normalized spacial score (nSPS) is 23.4. The van der Waals surface area contributed by atoms with Crippen LogP contribution in [0.5, 0.6) is 0 Å². The van der Waals surface area contributed by atoms with E-state index in [1.807, 2.05) is 24.3 Å². The molecule has 120 valence electrons. The van der Waals surface area contributed by atoms with E-state index in [2.05, 4.69) is 22.2 Å². The highest BCUT2D eigenvalue weighted by Gasteiger charge is 2.45. The third kappa shape index (κ3) is 3.01. The van der Waals surface area contributed by atoms with Crippen molar-refractivity contribution in [1.29, 1.82) is 0 Å². The summed E-state index contributed by atoms with van der Waals surface area (Å²) in [6.45, 7) is 1.95. The maximum atomic E-state index is 12.4. The van der Waals surface area contributed by atoms with E-state index in [0.29, 0.717) is 0 Å². The van der Waals surface area contributed by atoms with E-state index < -0.39 is 0 Å². The number of aromatic nitrogens is 1. The number of carbonyl (C=O) groups is 1. The minimum absolute atomic E-state index is 0.0125. The van der Waals surface area contributed by atoms with Crippen LogP contribution in [0.25, 0.3) is 0 Å².